The number of piperidine rings is 2. The van der Waals surface area contributed by atoms with Crippen LogP contribution in [0, 0.1) is 22.7 Å². The van der Waals surface area contributed by atoms with Crippen molar-refractivity contribution in [2.45, 2.75) is 69.9 Å². The molecule has 58 heavy (non-hydrogen) atoms. The molecule has 1 aliphatic carbocycles. The maximum absolute atomic E-state index is 13.2. The van der Waals surface area contributed by atoms with Gasteiger partial charge in [0.25, 0.3) is 5.91 Å². The Labute approximate surface area is 344 Å². The van der Waals surface area contributed by atoms with E-state index in [1.807, 2.05) is 12.1 Å². The van der Waals surface area contributed by atoms with Gasteiger partial charge in [-0.05, 0) is 104 Å². The van der Waals surface area contributed by atoms with Gasteiger partial charge in [0.1, 0.15) is 12.1 Å². The summed E-state index contributed by atoms with van der Waals surface area (Å²) in [5, 5.41) is 13.4. The second-order valence-corrected chi connectivity index (χ2v) is 18.2. The van der Waals surface area contributed by atoms with Gasteiger partial charge in [-0.15, -0.1) is 0 Å². The molecule has 5 fully saturated rings. The zero-order valence-electron chi connectivity index (χ0n) is 33.0. The Kier molecular flexibility index (Phi) is 9.60. The minimum Gasteiger partial charge on any atom is -0.370 e. The summed E-state index contributed by atoms with van der Waals surface area (Å²) in [5.74, 6) is 0.480. The van der Waals surface area contributed by atoms with Gasteiger partial charge in [0.05, 0.1) is 21.8 Å². The van der Waals surface area contributed by atoms with Crippen molar-refractivity contribution >= 4 is 57.3 Å². The normalized spacial score (nSPS) is 24.0. The Morgan fingerprint density at radius 3 is 2.38 bits per heavy atom. The fraction of sp³-hybridized carbons (Fsp3) is 0.478. The first-order valence-electron chi connectivity index (χ1n) is 21.3. The van der Waals surface area contributed by atoms with Gasteiger partial charge < -0.3 is 24.6 Å². The van der Waals surface area contributed by atoms with Crippen LogP contribution in [0.15, 0.2) is 60.8 Å². The van der Waals surface area contributed by atoms with E-state index in [0.29, 0.717) is 40.4 Å². The van der Waals surface area contributed by atoms with Crippen LogP contribution in [-0.2, 0) is 16.1 Å². The average molecular weight is 799 g/mol. The number of amides is 3. The van der Waals surface area contributed by atoms with Crippen LogP contribution in [0.3, 0.4) is 0 Å². The molecule has 0 radical (unpaired) electrons. The van der Waals surface area contributed by atoms with Gasteiger partial charge >= 0.3 is 0 Å². The van der Waals surface area contributed by atoms with Gasteiger partial charge in [-0.3, -0.25) is 24.6 Å². The second-order valence-electron chi connectivity index (χ2n) is 17.8. The zero-order chi connectivity index (χ0) is 39.5. The molecular weight excluding hydrogens is 748 g/mol. The third kappa shape index (κ3) is 6.78. The number of anilines is 3. The fourth-order valence-electron chi connectivity index (χ4n) is 11.0. The molecule has 2 N–H and O–H groups in total. The smallest absolute Gasteiger partial charge is 0.255 e. The third-order valence-corrected chi connectivity index (χ3v) is 14.7. The van der Waals surface area contributed by atoms with E-state index in [1.165, 1.54) is 63.0 Å². The summed E-state index contributed by atoms with van der Waals surface area (Å²) in [7, 11) is 0. The summed E-state index contributed by atoms with van der Waals surface area (Å²) in [5.41, 5.74) is 8.67. The molecule has 1 spiro atoms. The number of aromatic nitrogens is 1. The SMILES string of the molecule is N#Cc1c[nH]c2c(N3CCC[C@@H](c4ccc(N5CC6(CCC(CN7CCN(c8ccc9c(c8)CN(C8CCC(=O)NC8=O)C9=O)CC7)CC6)C5)cc4)C3)ccc(Cl)c12. The van der Waals surface area contributed by atoms with E-state index >= 15 is 0 Å². The number of carbonyl (C=O) groups excluding carboxylic acids is 3. The van der Waals surface area contributed by atoms with Crippen molar-refractivity contribution in [3.05, 3.63) is 88.1 Å². The average Bonchev–Trinajstić information content (AvgIpc) is 3.82. The van der Waals surface area contributed by atoms with Gasteiger partial charge in [-0.25, -0.2) is 0 Å². The molecule has 4 saturated heterocycles. The van der Waals surface area contributed by atoms with Crippen molar-refractivity contribution in [3.63, 3.8) is 0 Å². The molecule has 3 amide bonds. The maximum Gasteiger partial charge on any atom is 0.255 e. The predicted molar refractivity (Wildman–Crippen MR) is 226 cm³/mol. The van der Waals surface area contributed by atoms with Gasteiger partial charge in [-0.1, -0.05) is 23.7 Å². The molecule has 1 saturated carbocycles. The van der Waals surface area contributed by atoms with Gasteiger partial charge in [-0.2, -0.15) is 5.26 Å². The molecule has 12 heteroatoms. The van der Waals surface area contributed by atoms with E-state index in [2.05, 4.69) is 78.4 Å². The van der Waals surface area contributed by atoms with Crippen molar-refractivity contribution < 1.29 is 14.4 Å². The number of aromatic amines is 1. The lowest BCUT2D eigenvalue weighted by Gasteiger charge is -2.55. The number of hydrogen-bond acceptors (Lipinski definition) is 8. The van der Waals surface area contributed by atoms with Crippen LogP contribution in [0.2, 0.25) is 5.02 Å². The molecule has 11 nitrogen and oxygen atoms in total. The number of imide groups is 1. The van der Waals surface area contributed by atoms with E-state index in [-0.39, 0.29) is 24.1 Å². The number of hydrogen-bond donors (Lipinski definition) is 2. The highest BCUT2D eigenvalue weighted by Gasteiger charge is 2.45. The number of nitrogens with zero attached hydrogens (tertiary/aromatic N) is 6. The number of piperazine rings is 1. The van der Waals surface area contributed by atoms with Crippen LogP contribution in [0.25, 0.3) is 10.9 Å². The lowest BCUT2D eigenvalue weighted by Crippen LogP contribution is -2.58. The molecule has 1 unspecified atom stereocenters. The Bertz CT molecular complexity index is 2290. The van der Waals surface area contributed by atoms with Gasteiger partial charge in [0.2, 0.25) is 11.8 Å². The first-order valence-corrected chi connectivity index (χ1v) is 21.7. The first-order chi connectivity index (χ1) is 28.2. The molecular formula is C46H51ClN8O3. The molecule has 1 aromatic heterocycles. The fourth-order valence-corrected chi connectivity index (χ4v) is 11.3. The lowest BCUT2D eigenvalue weighted by atomic mass is 9.65. The summed E-state index contributed by atoms with van der Waals surface area (Å²) < 4.78 is 0. The summed E-state index contributed by atoms with van der Waals surface area (Å²) in [6.07, 6.45) is 9.99. The number of benzene rings is 3. The first kappa shape index (κ1) is 37.2. The lowest BCUT2D eigenvalue weighted by molar-refractivity contribution is -0.136. The minimum atomic E-state index is -0.582. The number of fused-ring (bicyclic) bond motifs is 2. The summed E-state index contributed by atoms with van der Waals surface area (Å²) in [6, 6.07) is 21.2. The summed E-state index contributed by atoms with van der Waals surface area (Å²) >= 11 is 6.51. The molecule has 4 aromatic rings. The van der Waals surface area contributed by atoms with Crippen LogP contribution in [0.1, 0.15) is 84.3 Å². The number of H-pyrrole nitrogens is 1. The van der Waals surface area contributed by atoms with Crippen LogP contribution in [-0.4, -0.2) is 97.4 Å². The van der Waals surface area contributed by atoms with E-state index in [4.69, 9.17) is 11.6 Å². The number of halogens is 1. The summed E-state index contributed by atoms with van der Waals surface area (Å²) in [4.78, 5) is 52.3. The van der Waals surface area contributed by atoms with Crippen molar-refractivity contribution in [2.24, 2.45) is 11.3 Å². The Balaban J connectivity index is 0.678. The Morgan fingerprint density at radius 2 is 1.62 bits per heavy atom. The molecule has 6 aliphatic rings. The molecule has 5 aliphatic heterocycles. The van der Waals surface area contributed by atoms with Crippen molar-refractivity contribution in [2.75, 3.05) is 73.6 Å². The molecule has 6 heterocycles. The van der Waals surface area contributed by atoms with E-state index in [0.717, 1.165) is 79.4 Å². The Morgan fingerprint density at radius 1 is 0.845 bits per heavy atom. The molecule has 3 aromatic carbocycles. The highest BCUT2D eigenvalue weighted by molar-refractivity contribution is 6.36. The highest BCUT2D eigenvalue weighted by atomic mass is 35.5. The van der Waals surface area contributed by atoms with Crippen molar-refractivity contribution in [1.29, 1.82) is 5.26 Å². The van der Waals surface area contributed by atoms with Crippen LogP contribution >= 0.6 is 11.6 Å². The molecule has 10 rings (SSSR count). The van der Waals surface area contributed by atoms with Crippen LogP contribution in [0.4, 0.5) is 17.1 Å². The molecule has 0 bridgehead atoms. The van der Waals surface area contributed by atoms with Crippen molar-refractivity contribution in [3.8, 4) is 6.07 Å². The van der Waals surface area contributed by atoms with Gasteiger partial charge in [0.15, 0.2) is 0 Å². The van der Waals surface area contributed by atoms with Crippen LogP contribution < -0.4 is 20.0 Å². The predicted octanol–water partition coefficient (Wildman–Crippen LogP) is 6.66. The highest BCUT2D eigenvalue weighted by Crippen LogP contribution is 2.47. The van der Waals surface area contributed by atoms with E-state index in [1.54, 1.807) is 11.1 Å². The van der Waals surface area contributed by atoms with Crippen molar-refractivity contribution in [1.82, 2.24) is 20.1 Å². The second kappa shape index (κ2) is 15.0. The zero-order valence-corrected chi connectivity index (χ0v) is 33.8. The Hall–Kier alpha value is -5.05. The number of rotatable bonds is 7. The number of nitrogens with one attached hydrogen (secondary N) is 2. The standard InChI is InChI=1S/C46H51ClN8O3/c47-38-9-10-39(43-42(38)34(23-48)24-49-43)53-17-1-2-32(26-53)31-3-5-35(6-4-31)54-28-46(29-54)15-13-30(14-16-46)25-51-18-20-52(21-19-51)36-7-8-37-33(22-36)27-55(45(37)58)40-11-12-41(56)50-44(40)57/h3-10,22,24,30,32,40,49H,1-2,11-21,25-29H2,(H,50,56,57)/t32-,40?/m1/s1. The van der Waals surface area contributed by atoms with E-state index in [9.17, 15) is 19.6 Å². The molecule has 2 atom stereocenters. The summed E-state index contributed by atoms with van der Waals surface area (Å²) in [6.45, 7) is 9.91. The largest absolute Gasteiger partial charge is 0.370 e. The number of nitriles is 1. The quantitative estimate of drug-likeness (QED) is 0.200. The van der Waals surface area contributed by atoms with Gasteiger partial charge in [0, 0.05) is 112 Å². The van der Waals surface area contributed by atoms with Crippen LogP contribution in [0.5, 0.6) is 0 Å². The number of carbonyl (C=O) groups is 3. The maximum atomic E-state index is 13.2. The van der Waals surface area contributed by atoms with E-state index < -0.39 is 6.04 Å². The third-order valence-electron chi connectivity index (χ3n) is 14.4. The minimum absolute atomic E-state index is 0.116. The molecule has 300 valence electrons. The monoisotopic (exact) mass is 798 g/mol. The topological polar surface area (TPSA) is 119 Å².